The molecule has 26 heavy (non-hydrogen) atoms. The Balaban J connectivity index is 0.00000243. The lowest BCUT2D eigenvalue weighted by Gasteiger charge is -2.24. The second-order valence-corrected chi connectivity index (χ2v) is 7.52. The first-order chi connectivity index (χ1) is 12.1. The molecule has 2 fully saturated rings. The Morgan fingerprint density at radius 1 is 1.31 bits per heavy atom. The summed E-state index contributed by atoms with van der Waals surface area (Å²) in [5.41, 5.74) is 1.69. The van der Waals surface area contributed by atoms with Gasteiger partial charge >= 0.3 is 0 Å². The fourth-order valence-corrected chi connectivity index (χ4v) is 3.70. The molecule has 1 unspecified atom stereocenters. The van der Waals surface area contributed by atoms with Crippen molar-refractivity contribution in [3.8, 4) is 5.75 Å². The van der Waals surface area contributed by atoms with E-state index in [-0.39, 0.29) is 24.0 Å². The minimum Gasteiger partial charge on any atom is -0.492 e. The summed E-state index contributed by atoms with van der Waals surface area (Å²) in [5.74, 6) is 2.44. The van der Waals surface area contributed by atoms with Crippen molar-refractivity contribution in [2.24, 2.45) is 10.4 Å². The molecule has 2 saturated heterocycles. The van der Waals surface area contributed by atoms with Crippen molar-refractivity contribution in [1.82, 2.24) is 10.2 Å². The largest absolute Gasteiger partial charge is 0.492 e. The van der Waals surface area contributed by atoms with E-state index >= 15 is 0 Å². The smallest absolute Gasteiger partial charge is 0.193 e. The first-order valence-electron chi connectivity index (χ1n) is 9.38. The molecule has 2 aliphatic heterocycles. The van der Waals surface area contributed by atoms with Crippen molar-refractivity contribution in [2.45, 2.75) is 32.6 Å². The normalized spacial score (nSPS) is 22.8. The fraction of sp³-hybridized carbons (Fsp3) is 0.650. The van der Waals surface area contributed by atoms with E-state index in [1.165, 1.54) is 18.4 Å². The van der Waals surface area contributed by atoms with Gasteiger partial charge in [-0.25, -0.2) is 0 Å². The monoisotopic (exact) mass is 473 g/mol. The van der Waals surface area contributed by atoms with Crippen molar-refractivity contribution >= 4 is 29.9 Å². The van der Waals surface area contributed by atoms with E-state index in [2.05, 4.69) is 53.3 Å². The highest BCUT2D eigenvalue weighted by Crippen LogP contribution is 2.38. The average molecular weight is 473 g/mol. The van der Waals surface area contributed by atoms with Crippen LogP contribution in [0, 0.1) is 5.41 Å². The predicted molar refractivity (Wildman–Crippen MR) is 117 cm³/mol. The second kappa shape index (κ2) is 9.78. The van der Waals surface area contributed by atoms with E-state index in [1.54, 1.807) is 0 Å². The van der Waals surface area contributed by atoms with Gasteiger partial charge in [0, 0.05) is 32.2 Å². The Labute approximate surface area is 174 Å². The number of hydrogen-bond acceptors (Lipinski definition) is 3. The van der Waals surface area contributed by atoms with Gasteiger partial charge in [-0.2, -0.15) is 0 Å². The zero-order valence-electron chi connectivity index (χ0n) is 16.2. The van der Waals surface area contributed by atoms with Crippen LogP contribution >= 0.6 is 24.0 Å². The molecular weight excluding hydrogens is 441 g/mol. The Morgan fingerprint density at radius 3 is 2.69 bits per heavy atom. The zero-order chi connectivity index (χ0) is 17.7. The first kappa shape index (κ1) is 21.3. The topological polar surface area (TPSA) is 46.1 Å². The Kier molecular flexibility index (Phi) is 8.01. The molecule has 5 nitrogen and oxygen atoms in total. The van der Waals surface area contributed by atoms with Crippen molar-refractivity contribution in [3.63, 3.8) is 0 Å². The maximum Gasteiger partial charge on any atom is 0.193 e. The molecule has 0 bridgehead atoms. The molecule has 1 atom stereocenters. The summed E-state index contributed by atoms with van der Waals surface area (Å²) in [4.78, 5) is 6.79. The molecule has 0 radical (unpaired) electrons. The summed E-state index contributed by atoms with van der Waals surface area (Å²) in [6.07, 6.45) is 2.38. The van der Waals surface area contributed by atoms with Crippen molar-refractivity contribution < 1.29 is 9.47 Å². The number of rotatable bonds is 5. The standard InChI is InChI=1S/C20H31N3O2.HI/c1-16(2)17-4-6-18(7-5-17)25-13-10-22-19(21-3)23-11-8-20(14-23)9-12-24-15-20;/h4-7,16H,8-15H2,1-3H3,(H,21,22);1H. The number of ether oxygens (including phenoxy) is 2. The van der Waals surface area contributed by atoms with Gasteiger partial charge in [-0.05, 0) is 36.5 Å². The van der Waals surface area contributed by atoms with Crippen LogP contribution in [-0.4, -0.2) is 57.4 Å². The average Bonchev–Trinajstić information content (AvgIpc) is 3.25. The third-order valence-corrected chi connectivity index (χ3v) is 5.34. The van der Waals surface area contributed by atoms with Gasteiger partial charge in [0.2, 0.25) is 0 Å². The molecule has 2 aliphatic rings. The molecular formula is C20H32IN3O2. The molecule has 1 N–H and O–H groups in total. The molecule has 1 spiro atoms. The third-order valence-electron chi connectivity index (χ3n) is 5.34. The van der Waals surface area contributed by atoms with Gasteiger partial charge in [-0.3, -0.25) is 4.99 Å². The van der Waals surface area contributed by atoms with Crippen molar-refractivity contribution in [2.75, 3.05) is 46.5 Å². The van der Waals surface area contributed by atoms with Crippen molar-refractivity contribution in [3.05, 3.63) is 29.8 Å². The Hall–Kier alpha value is -1.02. The van der Waals surface area contributed by atoms with Crippen LogP contribution < -0.4 is 10.1 Å². The fourth-order valence-electron chi connectivity index (χ4n) is 3.70. The van der Waals surface area contributed by atoms with Gasteiger partial charge in [-0.15, -0.1) is 24.0 Å². The number of halogens is 1. The van der Waals surface area contributed by atoms with Crippen LogP contribution in [0.2, 0.25) is 0 Å². The van der Waals surface area contributed by atoms with Crippen LogP contribution in [0.4, 0.5) is 0 Å². The highest BCUT2D eigenvalue weighted by Gasteiger charge is 2.42. The lowest BCUT2D eigenvalue weighted by molar-refractivity contribution is 0.156. The van der Waals surface area contributed by atoms with Crippen LogP contribution in [0.15, 0.2) is 29.3 Å². The summed E-state index contributed by atoms with van der Waals surface area (Å²) < 4.78 is 11.4. The Morgan fingerprint density at radius 2 is 2.08 bits per heavy atom. The van der Waals surface area contributed by atoms with E-state index < -0.39 is 0 Å². The third kappa shape index (κ3) is 5.25. The van der Waals surface area contributed by atoms with E-state index in [0.29, 0.717) is 17.9 Å². The molecule has 0 saturated carbocycles. The highest BCUT2D eigenvalue weighted by atomic mass is 127. The molecule has 1 aromatic carbocycles. The van der Waals surface area contributed by atoms with E-state index in [1.807, 2.05) is 7.05 Å². The second-order valence-electron chi connectivity index (χ2n) is 7.52. The zero-order valence-corrected chi connectivity index (χ0v) is 18.5. The van der Waals surface area contributed by atoms with Crippen LogP contribution in [0.5, 0.6) is 5.75 Å². The molecule has 0 amide bonds. The van der Waals surface area contributed by atoms with Gasteiger partial charge in [0.05, 0.1) is 13.2 Å². The SMILES string of the molecule is CN=C(NCCOc1ccc(C(C)C)cc1)N1CCC2(CCOC2)C1.I. The van der Waals surface area contributed by atoms with Crippen LogP contribution in [-0.2, 0) is 4.74 Å². The molecule has 6 heteroatoms. The summed E-state index contributed by atoms with van der Waals surface area (Å²) in [6.45, 7) is 9.68. The molecule has 146 valence electrons. The van der Waals surface area contributed by atoms with E-state index in [9.17, 15) is 0 Å². The van der Waals surface area contributed by atoms with Crippen molar-refractivity contribution in [1.29, 1.82) is 0 Å². The lowest BCUT2D eigenvalue weighted by Crippen LogP contribution is -2.42. The predicted octanol–water partition coefficient (Wildman–Crippen LogP) is 3.49. The number of aliphatic imine (C=N–C) groups is 1. The van der Waals surface area contributed by atoms with Crippen LogP contribution in [0.25, 0.3) is 0 Å². The molecule has 2 heterocycles. The summed E-state index contributed by atoms with van der Waals surface area (Å²) >= 11 is 0. The minimum absolute atomic E-state index is 0. The summed E-state index contributed by atoms with van der Waals surface area (Å²) in [6, 6.07) is 8.38. The summed E-state index contributed by atoms with van der Waals surface area (Å²) in [7, 11) is 1.85. The molecule has 3 rings (SSSR count). The van der Waals surface area contributed by atoms with Gasteiger partial charge < -0.3 is 19.7 Å². The number of benzene rings is 1. The highest BCUT2D eigenvalue weighted by molar-refractivity contribution is 14.0. The number of guanidine groups is 1. The van der Waals surface area contributed by atoms with E-state index in [4.69, 9.17) is 9.47 Å². The quantitative estimate of drug-likeness (QED) is 0.308. The lowest BCUT2D eigenvalue weighted by atomic mass is 9.87. The first-order valence-corrected chi connectivity index (χ1v) is 9.38. The van der Waals surface area contributed by atoms with Crippen LogP contribution in [0.3, 0.4) is 0 Å². The van der Waals surface area contributed by atoms with Gasteiger partial charge in [0.25, 0.3) is 0 Å². The van der Waals surface area contributed by atoms with Crippen LogP contribution in [0.1, 0.15) is 38.2 Å². The molecule has 1 aromatic rings. The van der Waals surface area contributed by atoms with Gasteiger partial charge in [0.15, 0.2) is 5.96 Å². The Bertz CT molecular complexity index is 583. The number of nitrogens with one attached hydrogen (secondary N) is 1. The maximum atomic E-state index is 5.84. The molecule has 0 aliphatic carbocycles. The molecule has 0 aromatic heterocycles. The number of likely N-dealkylation sites (tertiary alicyclic amines) is 1. The minimum atomic E-state index is 0. The van der Waals surface area contributed by atoms with E-state index in [0.717, 1.165) is 44.6 Å². The van der Waals surface area contributed by atoms with Gasteiger partial charge in [-0.1, -0.05) is 26.0 Å². The number of nitrogens with zero attached hydrogens (tertiary/aromatic N) is 2. The maximum absolute atomic E-state index is 5.84. The summed E-state index contributed by atoms with van der Waals surface area (Å²) in [5, 5.41) is 3.43. The van der Waals surface area contributed by atoms with Gasteiger partial charge in [0.1, 0.15) is 12.4 Å². The number of hydrogen-bond donors (Lipinski definition) is 1.